The standard InChI is InChI=1S/C14H24N2O3/c1-10-8-12(17)15-14(2,3)13(18)16(10)9-11-6-4-5-7-19-11/h10-11H,4-9H2,1-3H3,(H,15,17). The van der Waals surface area contributed by atoms with E-state index in [1.165, 1.54) is 0 Å². The van der Waals surface area contributed by atoms with Crippen LogP contribution in [0, 0.1) is 0 Å². The van der Waals surface area contributed by atoms with Gasteiger partial charge in [0.15, 0.2) is 0 Å². The molecule has 5 nitrogen and oxygen atoms in total. The molecular weight excluding hydrogens is 244 g/mol. The van der Waals surface area contributed by atoms with E-state index < -0.39 is 5.54 Å². The summed E-state index contributed by atoms with van der Waals surface area (Å²) in [4.78, 5) is 26.1. The number of rotatable bonds is 2. The van der Waals surface area contributed by atoms with Crippen molar-refractivity contribution in [2.75, 3.05) is 13.2 Å². The van der Waals surface area contributed by atoms with E-state index in [1.54, 1.807) is 13.8 Å². The molecule has 0 aromatic carbocycles. The van der Waals surface area contributed by atoms with Crippen LogP contribution in [0.15, 0.2) is 0 Å². The van der Waals surface area contributed by atoms with Gasteiger partial charge in [0.1, 0.15) is 5.54 Å². The highest BCUT2D eigenvalue weighted by molar-refractivity contribution is 5.93. The molecule has 0 radical (unpaired) electrons. The minimum absolute atomic E-state index is 0.0139. The van der Waals surface area contributed by atoms with Gasteiger partial charge in [-0.3, -0.25) is 9.59 Å². The van der Waals surface area contributed by atoms with Crippen molar-refractivity contribution in [3.63, 3.8) is 0 Å². The Balaban J connectivity index is 2.10. The van der Waals surface area contributed by atoms with Crippen LogP contribution in [0.1, 0.15) is 46.5 Å². The fourth-order valence-corrected chi connectivity index (χ4v) is 2.82. The summed E-state index contributed by atoms with van der Waals surface area (Å²) in [5, 5.41) is 2.79. The molecule has 2 fully saturated rings. The molecule has 0 aromatic heterocycles. The molecular formula is C14H24N2O3. The van der Waals surface area contributed by atoms with Crippen molar-refractivity contribution in [3.05, 3.63) is 0 Å². The molecule has 2 atom stereocenters. The highest BCUT2D eigenvalue weighted by Crippen LogP contribution is 2.21. The average Bonchev–Trinajstić information content (AvgIpc) is 2.41. The Morgan fingerprint density at radius 1 is 1.37 bits per heavy atom. The summed E-state index contributed by atoms with van der Waals surface area (Å²) in [6.07, 6.45) is 3.73. The molecule has 2 aliphatic rings. The summed E-state index contributed by atoms with van der Waals surface area (Å²) in [7, 11) is 0. The SMILES string of the molecule is CC1CC(=O)NC(C)(C)C(=O)N1CC1CCCCO1. The van der Waals surface area contributed by atoms with Crippen molar-refractivity contribution in [3.8, 4) is 0 Å². The molecule has 1 N–H and O–H groups in total. The van der Waals surface area contributed by atoms with Gasteiger partial charge in [-0.15, -0.1) is 0 Å². The van der Waals surface area contributed by atoms with Crippen molar-refractivity contribution in [2.24, 2.45) is 0 Å². The maximum absolute atomic E-state index is 12.6. The summed E-state index contributed by atoms with van der Waals surface area (Å²) in [5.74, 6) is -0.0714. The van der Waals surface area contributed by atoms with Crippen LogP contribution in [0.3, 0.4) is 0 Å². The van der Waals surface area contributed by atoms with E-state index in [1.807, 2.05) is 11.8 Å². The molecule has 2 rings (SSSR count). The van der Waals surface area contributed by atoms with E-state index >= 15 is 0 Å². The Morgan fingerprint density at radius 3 is 2.74 bits per heavy atom. The summed E-state index contributed by atoms with van der Waals surface area (Å²) < 4.78 is 5.71. The number of hydrogen-bond acceptors (Lipinski definition) is 3. The van der Waals surface area contributed by atoms with Gasteiger partial charge in [0.2, 0.25) is 11.8 Å². The summed E-state index contributed by atoms with van der Waals surface area (Å²) in [5.41, 5.74) is -0.823. The normalized spacial score (nSPS) is 31.8. The molecule has 108 valence electrons. The molecule has 2 saturated heterocycles. The lowest BCUT2D eigenvalue weighted by atomic mass is 10.0. The van der Waals surface area contributed by atoms with Crippen LogP contribution >= 0.6 is 0 Å². The molecule has 0 spiro atoms. The molecule has 0 aromatic rings. The van der Waals surface area contributed by atoms with E-state index in [0.29, 0.717) is 13.0 Å². The summed E-state index contributed by atoms with van der Waals surface area (Å²) in [6.45, 7) is 6.84. The van der Waals surface area contributed by atoms with Gasteiger partial charge in [-0.1, -0.05) is 0 Å². The fourth-order valence-electron chi connectivity index (χ4n) is 2.82. The quantitative estimate of drug-likeness (QED) is 0.815. The first kappa shape index (κ1) is 14.3. The Hall–Kier alpha value is -1.10. The third-order valence-electron chi connectivity index (χ3n) is 3.93. The van der Waals surface area contributed by atoms with Gasteiger partial charge in [-0.25, -0.2) is 0 Å². The second-order valence-electron chi connectivity index (χ2n) is 6.17. The molecule has 0 aliphatic carbocycles. The lowest BCUT2D eigenvalue weighted by molar-refractivity contribution is -0.141. The van der Waals surface area contributed by atoms with Crippen molar-refractivity contribution in [1.29, 1.82) is 0 Å². The first-order chi connectivity index (χ1) is 8.90. The number of nitrogens with zero attached hydrogens (tertiary/aromatic N) is 1. The Labute approximate surface area is 114 Å². The van der Waals surface area contributed by atoms with E-state index in [4.69, 9.17) is 4.74 Å². The van der Waals surface area contributed by atoms with E-state index in [2.05, 4.69) is 5.32 Å². The third kappa shape index (κ3) is 3.26. The predicted molar refractivity (Wildman–Crippen MR) is 71.6 cm³/mol. The second-order valence-corrected chi connectivity index (χ2v) is 6.17. The van der Waals surface area contributed by atoms with Gasteiger partial charge >= 0.3 is 0 Å². The van der Waals surface area contributed by atoms with Crippen LogP contribution in [-0.2, 0) is 14.3 Å². The maximum atomic E-state index is 12.6. The molecule has 2 aliphatic heterocycles. The Morgan fingerprint density at radius 2 is 2.11 bits per heavy atom. The van der Waals surface area contributed by atoms with Crippen molar-refractivity contribution < 1.29 is 14.3 Å². The lowest BCUT2D eigenvalue weighted by Gasteiger charge is -2.35. The van der Waals surface area contributed by atoms with Crippen LogP contribution in [0.25, 0.3) is 0 Å². The average molecular weight is 268 g/mol. The van der Waals surface area contributed by atoms with Crippen LogP contribution in [0.2, 0.25) is 0 Å². The largest absolute Gasteiger partial charge is 0.376 e. The van der Waals surface area contributed by atoms with Crippen molar-refractivity contribution >= 4 is 11.8 Å². The van der Waals surface area contributed by atoms with Crippen LogP contribution < -0.4 is 5.32 Å². The van der Waals surface area contributed by atoms with Crippen LogP contribution in [0.4, 0.5) is 0 Å². The lowest BCUT2D eigenvalue weighted by Crippen LogP contribution is -2.55. The third-order valence-corrected chi connectivity index (χ3v) is 3.93. The van der Waals surface area contributed by atoms with Gasteiger partial charge in [-0.05, 0) is 40.0 Å². The maximum Gasteiger partial charge on any atom is 0.248 e. The Bertz CT molecular complexity index is 362. The molecule has 0 bridgehead atoms. The van der Waals surface area contributed by atoms with E-state index in [-0.39, 0.29) is 24.0 Å². The molecule has 2 amide bonds. The zero-order valence-corrected chi connectivity index (χ0v) is 12.1. The van der Waals surface area contributed by atoms with Crippen molar-refractivity contribution in [1.82, 2.24) is 10.2 Å². The van der Waals surface area contributed by atoms with Crippen molar-refractivity contribution in [2.45, 2.75) is 64.1 Å². The Kier molecular flexibility index (Phi) is 4.13. The van der Waals surface area contributed by atoms with Gasteiger partial charge in [0, 0.05) is 25.6 Å². The van der Waals surface area contributed by atoms with Gasteiger partial charge in [0.25, 0.3) is 0 Å². The number of carbonyl (C=O) groups is 2. The number of carbonyl (C=O) groups excluding carboxylic acids is 2. The zero-order valence-electron chi connectivity index (χ0n) is 12.1. The van der Waals surface area contributed by atoms with Gasteiger partial charge in [-0.2, -0.15) is 0 Å². The highest BCUT2D eigenvalue weighted by atomic mass is 16.5. The zero-order chi connectivity index (χ0) is 14.0. The minimum atomic E-state index is -0.823. The van der Waals surface area contributed by atoms with E-state index in [9.17, 15) is 9.59 Å². The number of nitrogens with one attached hydrogen (secondary N) is 1. The molecule has 0 saturated carbocycles. The first-order valence-corrected chi connectivity index (χ1v) is 7.14. The number of amides is 2. The predicted octanol–water partition coefficient (Wildman–Crippen LogP) is 1.07. The molecule has 2 heterocycles. The number of hydrogen-bond donors (Lipinski definition) is 1. The summed E-state index contributed by atoms with van der Waals surface area (Å²) in [6, 6.07) is -0.0696. The topological polar surface area (TPSA) is 58.6 Å². The molecule has 19 heavy (non-hydrogen) atoms. The highest BCUT2D eigenvalue weighted by Gasteiger charge is 2.40. The summed E-state index contributed by atoms with van der Waals surface area (Å²) >= 11 is 0. The van der Waals surface area contributed by atoms with Crippen LogP contribution in [0.5, 0.6) is 0 Å². The second kappa shape index (κ2) is 5.49. The smallest absolute Gasteiger partial charge is 0.248 e. The molecule has 2 unspecified atom stereocenters. The number of ether oxygens (including phenoxy) is 1. The van der Waals surface area contributed by atoms with Gasteiger partial charge < -0.3 is 15.0 Å². The minimum Gasteiger partial charge on any atom is -0.376 e. The monoisotopic (exact) mass is 268 g/mol. The van der Waals surface area contributed by atoms with Gasteiger partial charge in [0.05, 0.1) is 6.10 Å². The van der Waals surface area contributed by atoms with E-state index in [0.717, 1.165) is 25.9 Å². The van der Waals surface area contributed by atoms with Crippen LogP contribution in [-0.4, -0.2) is 47.6 Å². The fraction of sp³-hybridized carbons (Fsp3) is 0.857. The first-order valence-electron chi connectivity index (χ1n) is 7.14. The molecule has 5 heteroatoms.